The molecule has 0 aliphatic heterocycles. The largest absolute Gasteiger partial charge is 0.366 e. The molecule has 0 spiro atoms. The molecular weight excluding hydrogens is 299 g/mol. The van der Waals surface area contributed by atoms with Crippen LogP contribution in [0.3, 0.4) is 0 Å². The second-order valence-corrected chi connectivity index (χ2v) is 5.58. The van der Waals surface area contributed by atoms with Gasteiger partial charge in [0, 0.05) is 24.7 Å². The van der Waals surface area contributed by atoms with Crippen LogP contribution in [0.15, 0.2) is 30.3 Å². The molecule has 6 nitrogen and oxygen atoms in total. The van der Waals surface area contributed by atoms with Gasteiger partial charge in [-0.2, -0.15) is 0 Å². The Bertz CT molecular complexity index is 719. The molecule has 1 aromatic carbocycles. The van der Waals surface area contributed by atoms with Crippen molar-refractivity contribution in [3.05, 3.63) is 63.1 Å². The Balaban J connectivity index is 2.05. The van der Waals surface area contributed by atoms with Gasteiger partial charge in [-0.3, -0.25) is 10.1 Å². The van der Waals surface area contributed by atoms with Crippen molar-refractivity contribution >= 4 is 11.5 Å². The van der Waals surface area contributed by atoms with Crippen LogP contribution in [0.2, 0.25) is 0 Å². The summed E-state index contributed by atoms with van der Waals surface area (Å²) in [5, 5.41) is 13.8. The number of hydrogen-bond donors (Lipinski definition) is 1. The van der Waals surface area contributed by atoms with Gasteiger partial charge in [0.15, 0.2) is 0 Å². The molecule has 0 radical (unpaired) electrons. The number of pyridine rings is 1. The summed E-state index contributed by atoms with van der Waals surface area (Å²) in [7, 11) is 3.77. The van der Waals surface area contributed by atoms with Crippen LogP contribution in [-0.2, 0) is 13.1 Å². The normalized spacial score (nSPS) is 10.8. The van der Waals surface area contributed by atoms with E-state index in [1.807, 2.05) is 25.1 Å². The topological polar surface area (TPSA) is 71.3 Å². The molecule has 1 heterocycles. The van der Waals surface area contributed by atoms with E-state index >= 15 is 0 Å². The van der Waals surface area contributed by atoms with Crippen molar-refractivity contribution in [1.82, 2.24) is 9.88 Å². The fourth-order valence-electron chi connectivity index (χ4n) is 2.21. The third kappa shape index (κ3) is 4.46. The van der Waals surface area contributed by atoms with Gasteiger partial charge in [0.2, 0.25) is 0 Å². The molecule has 0 aliphatic rings. The molecule has 0 aliphatic carbocycles. The number of aromatic nitrogens is 1. The Hall–Kier alpha value is -2.54. The molecule has 7 heteroatoms. The quantitative estimate of drug-likeness (QED) is 0.654. The number of anilines is 1. The van der Waals surface area contributed by atoms with Crippen molar-refractivity contribution in [3.8, 4) is 0 Å². The van der Waals surface area contributed by atoms with Crippen molar-refractivity contribution in [1.29, 1.82) is 0 Å². The number of nitrogens with zero attached hydrogens (tertiary/aromatic N) is 3. The van der Waals surface area contributed by atoms with E-state index in [4.69, 9.17) is 0 Å². The minimum absolute atomic E-state index is 0.0189. The van der Waals surface area contributed by atoms with Crippen LogP contribution in [0.25, 0.3) is 0 Å². The smallest absolute Gasteiger partial charge is 0.290 e. The summed E-state index contributed by atoms with van der Waals surface area (Å²) in [5.74, 6) is 0.275. The van der Waals surface area contributed by atoms with E-state index in [1.165, 1.54) is 12.1 Å². The lowest BCUT2D eigenvalue weighted by atomic mass is 10.1. The van der Waals surface area contributed by atoms with Gasteiger partial charge in [0.05, 0.1) is 4.92 Å². The molecule has 2 aromatic rings. The molecule has 0 amide bonds. The van der Waals surface area contributed by atoms with Crippen molar-refractivity contribution < 1.29 is 9.31 Å². The van der Waals surface area contributed by atoms with Gasteiger partial charge in [-0.1, -0.05) is 12.1 Å². The first kappa shape index (κ1) is 16.8. The standard InChI is InChI=1S/C16H19FN4O2/c1-11-15(21(22)23)6-7-16(19-11)18-9-12-4-5-13(10-20(2)3)14(17)8-12/h4-8H,9-10H2,1-3H3,(H,18,19). The highest BCUT2D eigenvalue weighted by molar-refractivity contribution is 5.45. The van der Waals surface area contributed by atoms with Gasteiger partial charge in [-0.15, -0.1) is 0 Å². The van der Waals surface area contributed by atoms with Crippen LogP contribution in [0.5, 0.6) is 0 Å². The SMILES string of the molecule is Cc1nc(NCc2ccc(CN(C)C)c(F)c2)ccc1[N+](=O)[O-]. The van der Waals surface area contributed by atoms with Crippen molar-refractivity contribution in [2.45, 2.75) is 20.0 Å². The zero-order chi connectivity index (χ0) is 17.0. The van der Waals surface area contributed by atoms with Crippen LogP contribution < -0.4 is 5.32 Å². The molecule has 0 saturated carbocycles. The Kier molecular flexibility index (Phi) is 5.23. The number of rotatable bonds is 6. The number of halogens is 1. The molecule has 23 heavy (non-hydrogen) atoms. The second-order valence-electron chi connectivity index (χ2n) is 5.58. The maximum absolute atomic E-state index is 14.0. The summed E-state index contributed by atoms with van der Waals surface area (Å²) in [5.41, 5.74) is 1.74. The fraction of sp³-hybridized carbons (Fsp3) is 0.312. The number of nitrogens with one attached hydrogen (secondary N) is 1. The van der Waals surface area contributed by atoms with Gasteiger partial charge in [-0.25, -0.2) is 9.37 Å². The maximum atomic E-state index is 14.0. The fourth-order valence-corrected chi connectivity index (χ4v) is 2.21. The summed E-state index contributed by atoms with van der Waals surface area (Å²) in [6, 6.07) is 8.06. The van der Waals surface area contributed by atoms with Gasteiger partial charge < -0.3 is 10.2 Å². The highest BCUT2D eigenvalue weighted by atomic mass is 19.1. The van der Waals surface area contributed by atoms with Crippen LogP contribution in [0.4, 0.5) is 15.9 Å². The average molecular weight is 318 g/mol. The molecule has 0 atom stereocenters. The molecular formula is C16H19FN4O2. The van der Waals surface area contributed by atoms with Gasteiger partial charge in [0.1, 0.15) is 17.3 Å². The van der Waals surface area contributed by atoms with Crippen molar-refractivity contribution in [3.63, 3.8) is 0 Å². The summed E-state index contributed by atoms with van der Waals surface area (Å²) in [6.07, 6.45) is 0. The average Bonchev–Trinajstić information content (AvgIpc) is 2.47. The van der Waals surface area contributed by atoms with Crippen LogP contribution in [-0.4, -0.2) is 28.9 Å². The Morgan fingerprint density at radius 2 is 2.04 bits per heavy atom. The summed E-state index contributed by atoms with van der Waals surface area (Å²) < 4.78 is 14.0. The van der Waals surface area contributed by atoms with Crippen LogP contribution in [0.1, 0.15) is 16.8 Å². The van der Waals surface area contributed by atoms with Crippen LogP contribution >= 0.6 is 0 Å². The molecule has 0 fully saturated rings. The summed E-state index contributed by atoms with van der Waals surface area (Å²) >= 11 is 0. The third-order valence-corrected chi connectivity index (χ3v) is 3.33. The minimum atomic E-state index is -0.467. The first-order chi connectivity index (χ1) is 10.9. The van der Waals surface area contributed by atoms with E-state index in [-0.39, 0.29) is 11.5 Å². The maximum Gasteiger partial charge on any atom is 0.290 e. The first-order valence-corrected chi connectivity index (χ1v) is 7.14. The highest BCUT2D eigenvalue weighted by Gasteiger charge is 2.11. The molecule has 1 aromatic heterocycles. The zero-order valence-corrected chi connectivity index (χ0v) is 13.3. The lowest BCUT2D eigenvalue weighted by molar-refractivity contribution is -0.385. The first-order valence-electron chi connectivity index (χ1n) is 7.14. The van der Waals surface area contributed by atoms with E-state index in [0.29, 0.717) is 30.2 Å². The van der Waals surface area contributed by atoms with Gasteiger partial charge >= 0.3 is 0 Å². The number of nitro groups is 1. The van der Waals surface area contributed by atoms with Gasteiger partial charge in [-0.05, 0) is 38.7 Å². The predicted molar refractivity (Wildman–Crippen MR) is 86.7 cm³/mol. The molecule has 0 saturated heterocycles. The molecule has 0 unspecified atom stereocenters. The van der Waals surface area contributed by atoms with E-state index in [2.05, 4.69) is 10.3 Å². The van der Waals surface area contributed by atoms with Crippen molar-refractivity contribution in [2.24, 2.45) is 0 Å². The van der Waals surface area contributed by atoms with E-state index in [9.17, 15) is 14.5 Å². The molecule has 2 rings (SSSR count). The lowest BCUT2D eigenvalue weighted by Crippen LogP contribution is -2.12. The zero-order valence-electron chi connectivity index (χ0n) is 13.3. The number of aryl methyl sites for hydroxylation is 1. The third-order valence-electron chi connectivity index (χ3n) is 3.33. The van der Waals surface area contributed by atoms with Crippen molar-refractivity contribution in [2.75, 3.05) is 19.4 Å². The lowest BCUT2D eigenvalue weighted by Gasteiger charge is -2.12. The monoisotopic (exact) mass is 318 g/mol. The summed E-state index contributed by atoms with van der Waals surface area (Å²) in [6.45, 7) is 2.52. The molecule has 1 N–H and O–H groups in total. The van der Waals surface area contributed by atoms with E-state index < -0.39 is 4.92 Å². The molecule has 122 valence electrons. The van der Waals surface area contributed by atoms with Crippen LogP contribution in [0, 0.1) is 22.9 Å². The van der Waals surface area contributed by atoms with E-state index in [1.54, 1.807) is 19.1 Å². The highest BCUT2D eigenvalue weighted by Crippen LogP contribution is 2.19. The second kappa shape index (κ2) is 7.15. The Morgan fingerprint density at radius 3 is 2.61 bits per heavy atom. The summed E-state index contributed by atoms with van der Waals surface area (Å²) in [4.78, 5) is 16.3. The predicted octanol–water partition coefficient (Wildman–Crippen LogP) is 3.11. The number of benzene rings is 1. The Morgan fingerprint density at radius 1 is 1.30 bits per heavy atom. The molecule has 0 bridgehead atoms. The Labute approximate surface area is 134 Å². The van der Waals surface area contributed by atoms with Gasteiger partial charge in [0.25, 0.3) is 5.69 Å². The number of hydrogen-bond acceptors (Lipinski definition) is 5. The van der Waals surface area contributed by atoms with E-state index in [0.717, 1.165) is 5.56 Å². The minimum Gasteiger partial charge on any atom is -0.366 e.